The lowest BCUT2D eigenvalue weighted by atomic mass is 10.1. The summed E-state index contributed by atoms with van der Waals surface area (Å²) in [7, 11) is 1.57. The number of nitrogens with zero attached hydrogens (tertiary/aromatic N) is 1. The van der Waals surface area contributed by atoms with E-state index in [0.29, 0.717) is 19.7 Å². The average molecular weight is 278 g/mol. The van der Waals surface area contributed by atoms with Crippen LogP contribution in [0.3, 0.4) is 0 Å². The predicted octanol–water partition coefficient (Wildman–Crippen LogP) is 1.11. The second kappa shape index (κ2) is 8.32. The number of benzene rings is 1. The molecule has 1 aromatic carbocycles. The Morgan fingerprint density at radius 1 is 1.30 bits per heavy atom. The van der Waals surface area contributed by atoms with Crippen molar-refractivity contribution in [3.63, 3.8) is 0 Å². The number of hydrogen-bond donors (Lipinski definition) is 1. The molecular weight excluding hydrogens is 256 g/mol. The van der Waals surface area contributed by atoms with Gasteiger partial charge < -0.3 is 15.0 Å². The molecular formula is C15H22N2O3. The minimum Gasteiger partial charge on any atom is -0.383 e. The monoisotopic (exact) mass is 278 g/mol. The number of methoxy groups -OCH3 is 1. The highest BCUT2D eigenvalue weighted by molar-refractivity contribution is 5.83. The number of aryl methyl sites for hydroxylation is 1. The van der Waals surface area contributed by atoms with Gasteiger partial charge in [-0.25, -0.2) is 0 Å². The van der Waals surface area contributed by atoms with Crippen LogP contribution in [0.5, 0.6) is 0 Å². The molecule has 0 aliphatic carbocycles. The summed E-state index contributed by atoms with van der Waals surface area (Å²) >= 11 is 0. The third-order valence-electron chi connectivity index (χ3n) is 3.08. The molecule has 0 fully saturated rings. The van der Waals surface area contributed by atoms with E-state index in [1.807, 2.05) is 31.2 Å². The summed E-state index contributed by atoms with van der Waals surface area (Å²) in [5.74, 6) is -0.298. The predicted molar refractivity (Wildman–Crippen MR) is 77.2 cm³/mol. The first-order valence-corrected chi connectivity index (χ1v) is 6.60. The maximum absolute atomic E-state index is 11.9. The lowest BCUT2D eigenvalue weighted by molar-refractivity contribution is -0.135. The van der Waals surface area contributed by atoms with Crippen LogP contribution in [0.15, 0.2) is 24.3 Å². The van der Waals surface area contributed by atoms with Crippen LogP contribution in [-0.4, -0.2) is 43.5 Å². The molecule has 0 heterocycles. The molecule has 0 aromatic heterocycles. The molecule has 5 heteroatoms. The van der Waals surface area contributed by atoms with Gasteiger partial charge in [-0.15, -0.1) is 0 Å². The van der Waals surface area contributed by atoms with E-state index in [4.69, 9.17) is 4.74 Å². The third-order valence-corrected chi connectivity index (χ3v) is 3.08. The standard InChI is InChI=1S/C15H22N2O3/c1-12-6-4-5-7-14(12)10-16-15(19)11-17(13(2)18)8-9-20-3/h4-7H,8-11H2,1-3H3,(H,16,19). The summed E-state index contributed by atoms with van der Waals surface area (Å²) in [6.45, 7) is 4.83. The van der Waals surface area contributed by atoms with Gasteiger partial charge in [-0.3, -0.25) is 9.59 Å². The molecule has 1 aromatic rings. The maximum Gasteiger partial charge on any atom is 0.239 e. The molecule has 0 bridgehead atoms. The van der Waals surface area contributed by atoms with E-state index in [2.05, 4.69) is 5.32 Å². The van der Waals surface area contributed by atoms with Crippen LogP contribution in [0.1, 0.15) is 18.1 Å². The maximum atomic E-state index is 11.9. The van der Waals surface area contributed by atoms with Crippen molar-refractivity contribution in [2.45, 2.75) is 20.4 Å². The highest BCUT2D eigenvalue weighted by Gasteiger charge is 2.13. The number of carbonyl (C=O) groups excluding carboxylic acids is 2. The molecule has 20 heavy (non-hydrogen) atoms. The van der Waals surface area contributed by atoms with Crippen molar-refractivity contribution in [2.75, 3.05) is 26.8 Å². The molecule has 5 nitrogen and oxygen atoms in total. The second-order valence-corrected chi connectivity index (χ2v) is 4.64. The van der Waals surface area contributed by atoms with Crippen molar-refractivity contribution in [2.24, 2.45) is 0 Å². The number of hydrogen-bond acceptors (Lipinski definition) is 3. The Labute approximate surface area is 119 Å². The number of ether oxygens (including phenoxy) is 1. The molecule has 110 valence electrons. The van der Waals surface area contributed by atoms with Crippen molar-refractivity contribution in [1.82, 2.24) is 10.2 Å². The average Bonchev–Trinajstić information content (AvgIpc) is 2.42. The lowest BCUT2D eigenvalue weighted by Crippen LogP contribution is -2.41. The van der Waals surface area contributed by atoms with E-state index in [0.717, 1.165) is 11.1 Å². The van der Waals surface area contributed by atoms with Crippen LogP contribution in [0.25, 0.3) is 0 Å². The van der Waals surface area contributed by atoms with Crippen molar-refractivity contribution in [1.29, 1.82) is 0 Å². The van der Waals surface area contributed by atoms with Crippen LogP contribution in [0.4, 0.5) is 0 Å². The van der Waals surface area contributed by atoms with Gasteiger partial charge in [0.15, 0.2) is 0 Å². The smallest absolute Gasteiger partial charge is 0.239 e. The normalized spacial score (nSPS) is 10.2. The topological polar surface area (TPSA) is 58.6 Å². The largest absolute Gasteiger partial charge is 0.383 e. The molecule has 0 radical (unpaired) electrons. The first-order valence-electron chi connectivity index (χ1n) is 6.60. The van der Waals surface area contributed by atoms with Crippen LogP contribution in [-0.2, 0) is 20.9 Å². The van der Waals surface area contributed by atoms with Gasteiger partial charge in [-0.05, 0) is 18.1 Å². The van der Waals surface area contributed by atoms with Gasteiger partial charge in [0, 0.05) is 27.1 Å². The Morgan fingerprint density at radius 3 is 2.60 bits per heavy atom. The van der Waals surface area contributed by atoms with E-state index in [1.165, 1.54) is 11.8 Å². The third kappa shape index (κ3) is 5.40. The Morgan fingerprint density at radius 2 is 2.00 bits per heavy atom. The van der Waals surface area contributed by atoms with Crippen LogP contribution in [0, 0.1) is 6.92 Å². The Hall–Kier alpha value is -1.88. The molecule has 1 rings (SSSR count). The number of carbonyl (C=O) groups is 2. The molecule has 0 spiro atoms. The van der Waals surface area contributed by atoms with E-state index < -0.39 is 0 Å². The summed E-state index contributed by atoms with van der Waals surface area (Å²) in [5.41, 5.74) is 2.21. The molecule has 2 amide bonds. The summed E-state index contributed by atoms with van der Waals surface area (Å²) in [5, 5.41) is 2.83. The fourth-order valence-electron chi connectivity index (χ4n) is 1.78. The molecule has 0 aliphatic rings. The minimum atomic E-state index is -0.167. The van der Waals surface area contributed by atoms with Crippen molar-refractivity contribution < 1.29 is 14.3 Å². The molecule has 1 N–H and O–H groups in total. The SMILES string of the molecule is COCCN(CC(=O)NCc1ccccc1C)C(C)=O. The second-order valence-electron chi connectivity index (χ2n) is 4.64. The molecule has 0 aliphatic heterocycles. The van der Waals surface area contributed by atoms with Gasteiger partial charge >= 0.3 is 0 Å². The van der Waals surface area contributed by atoms with Gasteiger partial charge in [-0.1, -0.05) is 24.3 Å². The van der Waals surface area contributed by atoms with Crippen LogP contribution >= 0.6 is 0 Å². The van der Waals surface area contributed by atoms with Crippen molar-refractivity contribution in [3.8, 4) is 0 Å². The fraction of sp³-hybridized carbons (Fsp3) is 0.467. The molecule has 0 unspecified atom stereocenters. The molecule has 0 atom stereocenters. The van der Waals surface area contributed by atoms with Crippen molar-refractivity contribution in [3.05, 3.63) is 35.4 Å². The zero-order valence-electron chi connectivity index (χ0n) is 12.3. The van der Waals surface area contributed by atoms with Gasteiger partial charge in [0.1, 0.15) is 0 Å². The number of amides is 2. The summed E-state index contributed by atoms with van der Waals surface area (Å²) in [6, 6.07) is 7.88. The molecule has 0 saturated carbocycles. The Balaban J connectivity index is 2.46. The minimum absolute atomic E-state index is 0.0601. The van der Waals surface area contributed by atoms with Gasteiger partial charge in [0.2, 0.25) is 11.8 Å². The lowest BCUT2D eigenvalue weighted by Gasteiger charge is -2.20. The van der Waals surface area contributed by atoms with Gasteiger partial charge in [-0.2, -0.15) is 0 Å². The summed E-state index contributed by atoms with van der Waals surface area (Å²) in [4.78, 5) is 24.7. The molecule has 0 saturated heterocycles. The van der Waals surface area contributed by atoms with E-state index in [1.54, 1.807) is 7.11 Å². The number of nitrogens with one attached hydrogen (secondary N) is 1. The van der Waals surface area contributed by atoms with Crippen molar-refractivity contribution >= 4 is 11.8 Å². The van der Waals surface area contributed by atoms with Gasteiger partial charge in [0.25, 0.3) is 0 Å². The highest BCUT2D eigenvalue weighted by Crippen LogP contribution is 2.05. The van der Waals surface area contributed by atoms with Crippen LogP contribution in [0.2, 0.25) is 0 Å². The van der Waals surface area contributed by atoms with Gasteiger partial charge in [0.05, 0.1) is 13.2 Å². The highest BCUT2D eigenvalue weighted by atomic mass is 16.5. The van der Waals surface area contributed by atoms with E-state index >= 15 is 0 Å². The fourth-order valence-corrected chi connectivity index (χ4v) is 1.78. The summed E-state index contributed by atoms with van der Waals surface area (Å²) < 4.78 is 4.92. The zero-order valence-corrected chi connectivity index (χ0v) is 12.3. The zero-order chi connectivity index (χ0) is 15.0. The summed E-state index contributed by atoms with van der Waals surface area (Å²) in [6.07, 6.45) is 0. The number of rotatable bonds is 7. The first kappa shape index (κ1) is 16.2. The quantitative estimate of drug-likeness (QED) is 0.812. The van der Waals surface area contributed by atoms with Crippen LogP contribution < -0.4 is 5.32 Å². The first-order chi connectivity index (χ1) is 9.54. The van der Waals surface area contributed by atoms with E-state index in [-0.39, 0.29) is 18.4 Å². The Kier molecular flexibility index (Phi) is 6.73. The van der Waals surface area contributed by atoms with E-state index in [9.17, 15) is 9.59 Å². The Bertz CT molecular complexity index is 460.